The summed E-state index contributed by atoms with van der Waals surface area (Å²) >= 11 is 7.34. The van der Waals surface area contributed by atoms with Crippen LogP contribution in [-0.2, 0) is 19.6 Å². The fourth-order valence-electron chi connectivity index (χ4n) is 3.19. The summed E-state index contributed by atoms with van der Waals surface area (Å²) in [6, 6.07) is 13.5. The molecule has 0 spiro atoms. The first-order chi connectivity index (χ1) is 15.8. The Labute approximate surface area is 201 Å². The van der Waals surface area contributed by atoms with Gasteiger partial charge in [0, 0.05) is 24.0 Å². The zero-order valence-corrected chi connectivity index (χ0v) is 20.1. The van der Waals surface area contributed by atoms with Crippen molar-refractivity contribution in [1.29, 1.82) is 0 Å². The van der Waals surface area contributed by atoms with E-state index in [0.717, 1.165) is 5.56 Å². The van der Waals surface area contributed by atoms with Crippen LogP contribution in [-0.4, -0.2) is 56.0 Å². The lowest BCUT2D eigenvalue weighted by molar-refractivity contribution is -0.122. The van der Waals surface area contributed by atoms with E-state index in [1.54, 1.807) is 60.8 Å². The van der Waals surface area contributed by atoms with E-state index in [1.807, 2.05) is 0 Å². The van der Waals surface area contributed by atoms with Gasteiger partial charge >= 0.3 is 0 Å². The Balaban J connectivity index is 1.40. The van der Waals surface area contributed by atoms with E-state index in [0.29, 0.717) is 47.9 Å². The predicted molar refractivity (Wildman–Crippen MR) is 127 cm³/mol. The molecule has 2 heterocycles. The van der Waals surface area contributed by atoms with Gasteiger partial charge in [-0.1, -0.05) is 35.9 Å². The Morgan fingerprint density at radius 2 is 1.88 bits per heavy atom. The summed E-state index contributed by atoms with van der Waals surface area (Å²) in [6.07, 6.45) is -0.776. The minimum absolute atomic E-state index is 0.224. The summed E-state index contributed by atoms with van der Waals surface area (Å²) < 4.78 is 37.8. The van der Waals surface area contributed by atoms with Gasteiger partial charge in [0.05, 0.1) is 28.8 Å². The highest BCUT2D eigenvalue weighted by molar-refractivity contribution is 7.89. The van der Waals surface area contributed by atoms with Gasteiger partial charge in [-0.2, -0.15) is 4.31 Å². The van der Waals surface area contributed by atoms with Gasteiger partial charge in [0.1, 0.15) is 5.75 Å². The van der Waals surface area contributed by atoms with Crippen LogP contribution >= 0.6 is 22.9 Å². The molecule has 174 valence electrons. The third kappa shape index (κ3) is 5.53. The Bertz CT molecular complexity index is 1220. The smallest absolute Gasteiger partial charge is 0.266 e. The van der Waals surface area contributed by atoms with Gasteiger partial charge in [0.2, 0.25) is 10.0 Å². The molecule has 3 aromatic rings. The van der Waals surface area contributed by atoms with Crippen LogP contribution in [0.2, 0.25) is 5.02 Å². The molecule has 0 saturated carbocycles. The van der Waals surface area contributed by atoms with Gasteiger partial charge in [-0.05, 0) is 31.2 Å². The molecule has 1 N–H and O–H groups in total. The second kappa shape index (κ2) is 10.2. The Hall–Kier alpha value is -2.50. The number of nitrogens with zero attached hydrogens (tertiary/aromatic N) is 2. The normalized spacial score (nSPS) is 15.7. The molecule has 11 heteroatoms. The lowest BCUT2D eigenvalue weighted by Crippen LogP contribution is -2.40. The monoisotopic (exact) mass is 507 g/mol. The lowest BCUT2D eigenvalue weighted by atomic mass is 10.2. The number of benzene rings is 2. The van der Waals surface area contributed by atoms with E-state index in [1.165, 1.54) is 15.6 Å². The van der Waals surface area contributed by atoms with Crippen LogP contribution in [0.1, 0.15) is 6.92 Å². The second-order valence-electron chi connectivity index (χ2n) is 7.26. The molecule has 1 aliphatic rings. The molecule has 2 aromatic carbocycles. The topological polar surface area (TPSA) is 97.8 Å². The Morgan fingerprint density at radius 3 is 2.58 bits per heavy atom. The van der Waals surface area contributed by atoms with Crippen molar-refractivity contribution in [1.82, 2.24) is 9.29 Å². The highest BCUT2D eigenvalue weighted by Crippen LogP contribution is 2.28. The van der Waals surface area contributed by atoms with E-state index in [2.05, 4.69) is 10.3 Å². The van der Waals surface area contributed by atoms with Gasteiger partial charge in [0.25, 0.3) is 5.91 Å². The first-order valence-electron chi connectivity index (χ1n) is 10.2. The van der Waals surface area contributed by atoms with Crippen LogP contribution in [0.4, 0.5) is 5.13 Å². The van der Waals surface area contributed by atoms with E-state index in [4.69, 9.17) is 21.1 Å². The molecule has 0 bridgehead atoms. The number of aromatic nitrogens is 1. The number of rotatable bonds is 7. The number of sulfonamides is 1. The predicted octanol–water partition coefficient (Wildman–Crippen LogP) is 3.89. The number of halogens is 1. The van der Waals surface area contributed by atoms with Crippen LogP contribution in [0.5, 0.6) is 5.75 Å². The number of nitrogens with one attached hydrogen (secondary N) is 1. The molecule has 0 radical (unpaired) electrons. The number of carbonyl (C=O) groups is 1. The number of ether oxygens (including phenoxy) is 2. The second-order valence-corrected chi connectivity index (χ2v) is 10.5. The molecule has 1 atom stereocenters. The molecule has 4 rings (SSSR count). The third-order valence-electron chi connectivity index (χ3n) is 5.00. The molecule has 1 unspecified atom stereocenters. The zero-order chi connectivity index (χ0) is 23.4. The molecule has 1 aromatic heterocycles. The molecule has 1 aliphatic heterocycles. The van der Waals surface area contributed by atoms with E-state index < -0.39 is 16.1 Å². The van der Waals surface area contributed by atoms with Crippen molar-refractivity contribution in [3.05, 3.63) is 58.9 Å². The maximum atomic E-state index is 12.8. The summed E-state index contributed by atoms with van der Waals surface area (Å²) in [7, 11) is -3.55. The SMILES string of the molecule is CC(Oc1ccccc1Cl)C(=O)Nc1nc(-c2ccc(S(=O)(=O)N3CCOCC3)cc2)cs1. The molecule has 1 amide bonds. The number of amides is 1. The number of hydrogen-bond acceptors (Lipinski definition) is 7. The minimum Gasteiger partial charge on any atom is -0.479 e. The fourth-order valence-corrected chi connectivity index (χ4v) is 5.50. The average molecular weight is 508 g/mol. The number of thiazole rings is 1. The van der Waals surface area contributed by atoms with Crippen LogP contribution in [0.3, 0.4) is 0 Å². The number of morpholine rings is 1. The molecule has 1 saturated heterocycles. The molecular weight excluding hydrogens is 486 g/mol. The van der Waals surface area contributed by atoms with E-state index >= 15 is 0 Å². The quantitative estimate of drug-likeness (QED) is 0.521. The lowest BCUT2D eigenvalue weighted by Gasteiger charge is -2.26. The van der Waals surface area contributed by atoms with Gasteiger partial charge in [-0.3, -0.25) is 10.1 Å². The highest BCUT2D eigenvalue weighted by atomic mass is 35.5. The first-order valence-corrected chi connectivity index (χ1v) is 12.9. The summed E-state index contributed by atoms with van der Waals surface area (Å²) in [5.41, 5.74) is 1.37. The van der Waals surface area contributed by atoms with Crippen LogP contribution < -0.4 is 10.1 Å². The van der Waals surface area contributed by atoms with Crippen molar-refractivity contribution in [2.75, 3.05) is 31.6 Å². The zero-order valence-electron chi connectivity index (χ0n) is 17.7. The number of anilines is 1. The first kappa shape index (κ1) is 23.7. The molecule has 8 nitrogen and oxygen atoms in total. The van der Waals surface area contributed by atoms with Crippen molar-refractivity contribution in [3.8, 4) is 17.0 Å². The van der Waals surface area contributed by atoms with Crippen molar-refractivity contribution < 1.29 is 22.7 Å². The third-order valence-corrected chi connectivity index (χ3v) is 7.98. The largest absolute Gasteiger partial charge is 0.479 e. The van der Waals surface area contributed by atoms with Crippen molar-refractivity contribution in [2.24, 2.45) is 0 Å². The van der Waals surface area contributed by atoms with Gasteiger partial charge in [-0.15, -0.1) is 11.3 Å². The minimum atomic E-state index is -3.55. The van der Waals surface area contributed by atoms with Crippen LogP contribution in [0.15, 0.2) is 58.8 Å². The summed E-state index contributed by atoms with van der Waals surface area (Å²) in [5, 5.41) is 5.36. The number of carbonyl (C=O) groups excluding carboxylic acids is 1. The standard InChI is InChI=1S/C22H22ClN3O5S2/c1-15(31-20-5-3-2-4-18(20)23)21(27)25-22-24-19(14-32-22)16-6-8-17(9-7-16)33(28,29)26-10-12-30-13-11-26/h2-9,14-15H,10-13H2,1H3,(H,24,25,27). The number of para-hydroxylation sites is 1. The van der Waals surface area contributed by atoms with E-state index in [9.17, 15) is 13.2 Å². The summed E-state index contributed by atoms with van der Waals surface area (Å²) in [5.74, 6) is 0.0662. The highest BCUT2D eigenvalue weighted by Gasteiger charge is 2.26. The van der Waals surface area contributed by atoms with Gasteiger partial charge < -0.3 is 9.47 Å². The van der Waals surface area contributed by atoms with Crippen LogP contribution in [0.25, 0.3) is 11.3 Å². The number of hydrogen-bond donors (Lipinski definition) is 1. The molecular formula is C22H22ClN3O5S2. The molecule has 1 fully saturated rings. The van der Waals surface area contributed by atoms with E-state index in [-0.39, 0.29) is 10.8 Å². The van der Waals surface area contributed by atoms with Crippen LogP contribution in [0, 0.1) is 0 Å². The molecule has 0 aliphatic carbocycles. The van der Waals surface area contributed by atoms with Gasteiger partial charge in [0.15, 0.2) is 11.2 Å². The summed E-state index contributed by atoms with van der Waals surface area (Å²) in [4.78, 5) is 17.1. The Morgan fingerprint density at radius 1 is 1.18 bits per heavy atom. The maximum Gasteiger partial charge on any atom is 0.266 e. The maximum absolute atomic E-state index is 12.8. The van der Waals surface area contributed by atoms with Crippen molar-refractivity contribution >= 4 is 44.0 Å². The van der Waals surface area contributed by atoms with Gasteiger partial charge in [-0.25, -0.2) is 13.4 Å². The average Bonchev–Trinajstić information content (AvgIpc) is 3.29. The summed E-state index contributed by atoms with van der Waals surface area (Å²) in [6.45, 7) is 3.11. The Kier molecular flexibility index (Phi) is 7.30. The molecule has 33 heavy (non-hydrogen) atoms. The van der Waals surface area contributed by atoms with Crippen molar-refractivity contribution in [3.63, 3.8) is 0 Å². The fraction of sp³-hybridized carbons (Fsp3) is 0.273. The van der Waals surface area contributed by atoms with Crippen molar-refractivity contribution in [2.45, 2.75) is 17.9 Å².